The fourth-order valence-electron chi connectivity index (χ4n) is 4.69. The summed E-state index contributed by atoms with van der Waals surface area (Å²) in [6.45, 7) is 12.5. The van der Waals surface area contributed by atoms with Crippen molar-refractivity contribution in [1.29, 1.82) is 0 Å². The zero-order chi connectivity index (χ0) is 24.6. The van der Waals surface area contributed by atoms with Crippen LogP contribution in [0.4, 0.5) is 0 Å². The Morgan fingerprint density at radius 2 is 1.76 bits per heavy atom. The Hall–Kier alpha value is -1.29. The number of allylic oxidation sites excluding steroid dienone is 1. The van der Waals surface area contributed by atoms with Crippen LogP contribution in [0, 0.1) is 20.8 Å². The molecular formula is C27H45O5P. The highest BCUT2D eigenvalue weighted by Gasteiger charge is 2.33. The van der Waals surface area contributed by atoms with Gasteiger partial charge in [-0.15, -0.1) is 0 Å². The van der Waals surface area contributed by atoms with Crippen LogP contribution in [0.1, 0.15) is 101 Å². The normalized spacial score (nSPS) is 19.4. The van der Waals surface area contributed by atoms with E-state index in [1.807, 2.05) is 20.8 Å². The molecule has 2 unspecified atom stereocenters. The van der Waals surface area contributed by atoms with Gasteiger partial charge in [-0.1, -0.05) is 52.0 Å². The summed E-state index contributed by atoms with van der Waals surface area (Å²) < 4.78 is 24.4. The van der Waals surface area contributed by atoms with Gasteiger partial charge in [-0.3, -0.25) is 4.57 Å². The van der Waals surface area contributed by atoms with E-state index in [1.54, 1.807) is 0 Å². The zero-order valence-corrected chi connectivity index (χ0v) is 22.5. The minimum atomic E-state index is -4.15. The number of hydrogen-bond acceptors (Lipinski definition) is 3. The second-order valence-corrected chi connectivity index (χ2v) is 11.6. The van der Waals surface area contributed by atoms with E-state index in [9.17, 15) is 14.4 Å². The van der Waals surface area contributed by atoms with Gasteiger partial charge in [0.2, 0.25) is 0 Å². The molecule has 0 aromatic heterocycles. The average Bonchev–Trinajstić information content (AvgIpc) is 2.73. The summed E-state index contributed by atoms with van der Waals surface area (Å²) >= 11 is 0. The first-order valence-electron chi connectivity index (χ1n) is 12.7. The summed E-state index contributed by atoms with van der Waals surface area (Å²) in [6, 6.07) is 0. The number of benzene rings is 1. The van der Waals surface area contributed by atoms with Crippen molar-refractivity contribution in [3.05, 3.63) is 34.4 Å². The minimum Gasteiger partial charge on any atom is -0.489 e. The first-order chi connectivity index (χ1) is 15.5. The lowest BCUT2D eigenvalue weighted by molar-refractivity contribution is 0.112. The van der Waals surface area contributed by atoms with E-state index in [2.05, 4.69) is 32.9 Å². The number of hydrogen-bond donors (Lipinski definition) is 2. The highest BCUT2D eigenvalue weighted by Crippen LogP contribution is 2.45. The van der Waals surface area contributed by atoms with Crippen molar-refractivity contribution >= 4 is 7.60 Å². The summed E-state index contributed by atoms with van der Waals surface area (Å²) in [5, 5.41) is 0. The second-order valence-electron chi connectivity index (χ2n) is 9.91. The fourth-order valence-corrected chi connectivity index (χ4v) is 5.47. The molecule has 1 aromatic carbocycles. The molecular weight excluding hydrogens is 435 g/mol. The van der Waals surface area contributed by atoms with E-state index in [0.717, 1.165) is 59.4 Å². The minimum absolute atomic E-state index is 0.256. The average molecular weight is 481 g/mol. The van der Waals surface area contributed by atoms with Crippen molar-refractivity contribution in [2.24, 2.45) is 0 Å². The van der Waals surface area contributed by atoms with Crippen LogP contribution in [0.3, 0.4) is 0 Å². The van der Waals surface area contributed by atoms with Crippen molar-refractivity contribution in [3.8, 4) is 11.5 Å². The van der Waals surface area contributed by atoms with Crippen LogP contribution in [-0.2, 0) is 11.0 Å². The summed E-state index contributed by atoms with van der Waals surface area (Å²) in [5.41, 5.74) is 3.91. The Bertz CT molecular complexity index is 857. The summed E-state index contributed by atoms with van der Waals surface area (Å²) in [6.07, 6.45) is 14.5. The predicted octanol–water partition coefficient (Wildman–Crippen LogP) is 7.34. The van der Waals surface area contributed by atoms with Crippen LogP contribution in [0.25, 0.3) is 0 Å². The third-order valence-electron chi connectivity index (χ3n) is 6.80. The first kappa shape index (κ1) is 28.0. The van der Waals surface area contributed by atoms with Crippen molar-refractivity contribution in [1.82, 2.24) is 0 Å². The Kier molecular flexibility index (Phi) is 10.5. The lowest BCUT2D eigenvalue weighted by atomic mass is 9.86. The molecule has 0 saturated heterocycles. The van der Waals surface area contributed by atoms with Gasteiger partial charge >= 0.3 is 7.60 Å². The lowest BCUT2D eigenvalue weighted by Gasteiger charge is -2.37. The van der Waals surface area contributed by atoms with Gasteiger partial charge in [-0.05, 0) is 82.6 Å². The molecule has 0 amide bonds. The topological polar surface area (TPSA) is 76.0 Å². The molecule has 0 fully saturated rings. The van der Waals surface area contributed by atoms with Gasteiger partial charge in [0, 0.05) is 5.56 Å². The monoisotopic (exact) mass is 480 g/mol. The fraction of sp³-hybridized carbons (Fsp3) is 0.704. The molecule has 2 rings (SSSR count). The molecule has 33 heavy (non-hydrogen) atoms. The standard InChI is InChI=1S/C27H45O5P/c1-7-9-10-11-12-13-14-17-27(6)18-16-24-22(5)25(20(3)21(4)26(24)32-27)31-23(15-8-2)19-33(28,29)30/h14,17,23H,7-13,15-16,18-19H2,1-6H3,(H2,28,29,30). The molecule has 0 radical (unpaired) electrons. The van der Waals surface area contributed by atoms with Crippen LogP contribution in [0.15, 0.2) is 12.2 Å². The number of ether oxygens (including phenoxy) is 2. The lowest BCUT2D eigenvalue weighted by Crippen LogP contribution is -2.35. The molecule has 1 aromatic rings. The van der Waals surface area contributed by atoms with Crippen molar-refractivity contribution < 1.29 is 23.8 Å². The Balaban J connectivity index is 2.18. The molecule has 6 heteroatoms. The molecule has 2 N–H and O–H groups in total. The molecule has 5 nitrogen and oxygen atoms in total. The number of fused-ring (bicyclic) bond motifs is 1. The van der Waals surface area contributed by atoms with E-state index in [-0.39, 0.29) is 11.8 Å². The molecule has 0 bridgehead atoms. The van der Waals surface area contributed by atoms with Crippen molar-refractivity contribution in [2.75, 3.05) is 6.16 Å². The van der Waals surface area contributed by atoms with E-state index in [4.69, 9.17) is 9.47 Å². The van der Waals surface area contributed by atoms with Crippen LogP contribution in [0.5, 0.6) is 11.5 Å². The van der Waals surface area contributed by atoms with Gasteiger partial charge in [0.15, 0.2) is 0 Å². The zero-order valence-electron chi connectivity index (χ0n) is 21.6. The number of unbranched alkanes of at least 4 members (excludes halogenated alkanes) is 5. The van der Waals surface area contributed by atoms with Crippen LogP contribution >= 0.6 is 7.60 Å². The first-order valence-corrected chi connectivity index (χ1v) is 14.5. The predicted molar refractivity (Wildman–Crippen MR) is 137 cm³/mol. The van der Waals surface area contributed by atoms with Gasteiger partial charge in [-0.2, -0.15) is 0 Å². The van der Waals surface area contributed by atoms with E-state index < -0.39 is 13.7 Å². The molecule has 0 spiro atoms. The summed E-state index contributed by atoms with van der Waals surface area (Å²) in [4.78, 5) is 19.0. The molecule has 1 aliphatic rings. The van der Waals surface area contributed by atoms with Crippen LogP contribution < -0.4 is 9.47 Å². The maximum atomic E-state index is 11.6. The highest BCUT2D eigenvalue weighted by molar-refractivity contribution is 7.51. The molecule has 188 valence electrons. The van der Waals surface area contributed by atoms with E-state index in [1.165, 1.54) is 32.1 Å². The maximum absolute atomic E-state index is 11.6. The molecule has 1 heterocycles. The maximum Gasteiger partial charge on any atom is 0.329 e. The highest BCUT2D eigenvalue weighted by atomic mass is 31.2. The largest absolute Gasteiger partial charge is 0.489 e. The quantitative estimate of drug-likeness (QED) is 0.175. The van der Waals surface area contributed by atoms with Gasteiger partial charge < -0.3 is 19.3 Å². The van der Waals surface area contributed by atoms with Gasteiger partial charge in [0.25, 0.3) is 0 Å². The molecule has 2 atom stereocenters. The van der Waals surface area contributed by atoms with Crippen molar-refractivity contribution in [3.63, 3.8) is 0 Å². The van der Waals surface area contributed by atoms with Gasteiger partial charge in [0.1, 0.15) is 23.2 Å². The molecule has 0 saturated carbocycles. The summed E-state index contributed by atoms with van der Waals surface area (Å²) in [5.74, 6) is 1.70. The second kappa shape index (κ2) is 12.4. The Labute approximate surface area is 201 Å². The molecule has 1 aliphatic heterocycles. The Morgan fingerprint density at radius 1 is 1.06 bits per heavy atom. The van der Waals surface area contributed by atoms with Gasteiger partial charge in [0.05, 0.1) is 6.16 Å². The Morgan fingerprint density at radius 3 is 2.39 bits per heavy atom. The van der Waals surface area contributed by atoms with Crippen molar-refractivity contribution in [2.45, 2.75) is 117 Å². The SMILES string of the molecule is CCCCCCCC=CC1(C)CCc2c(C)c(OC(CCC)CP(=O)(O)O)c(C)c(C)c2O1. The van der Waals surface area contributed by atoms with Crippen LogP contribution in [-0.4, -0.2) is 27.7 Å². The van der Waals surface area contributed by atoms with E-state index >= 15 is 0 Å². The van der Waals surface area contributed by atoms with E-state index in [0.29, 0.717) is 6.42 Å². The third kappa shape index (κ3) is 8.16. The third-order valence-corrected chi connectivity index (χ3v) is 7.68. The van der Waals surface area contributed by atoms with Crippen LogP contribution in [0.2, 0.25) is 0 Å². The smallest absolute Gasteiger partial charge is 0.329 e. The molecule has 0 aliphatic carbocycles. The summed E-state index contributed by atoms with van der Waals surface area (Å²) in [7, 11) is -4.15. The van der Waals surface area contributed by atoms with Gasteiger partial charge in [-0.25, -0.2) is 0 Å². The number of rotatable bonds is 13.